The Balaban J connectivity index is 2.05. The van der Waals surface area contributed by atoms with Crippen molar-refractivity contribution < 1.29 is 9.21 Å². The predicted octanol–water partition coefficient (Wildman–Crippen LogP) is 4.62. The Morgan fingerprint density at radius 3 is 2.38 bits per heavy atom. The first-order chi connectivity index (χ1) is 11.4. The Hall–Kier alpha value is -2.59. The van der Waals surface area contributed by atoms with E-state index in [1.165, 1.54) is 6.07 Å². The molecule has 4 nitrogen and oxygen atoms in total. The Morgan fingerprint density at radius 2 is 1.71 bits per heavy atom. The molecule has 122 valence electrons. The Morgan fingerprint density at radius 1 is 1.04 bits per heavy atom. The van der Waals surface area contributed by atoms with E-state index in [4.69, 9.17) is 16.0 Å². The molecule has 1 aromatic heterocycles. The Kier molecular flexibility index (Phi) is 4.16. The standard InChI is InChI=1S/C19H16ClNO3/c1-10-5-4-6-11(2)18(10)21-19(23)17-9-15(22)13-8-14(20)12(3)7-16(13)24-17/h4-9H,1-3H3,(H,21,23). The van der Waals surface area contributed by atoms with E-state index < -0.39 is 5.91 Å². The molecule has 0 aliphatic rings. The SMILES string of the molecule is Cc1cc2oc(C(=O)Nc3c(C)cccc3C)cc(=O)c2cc1Cl. The van der Waals surface area contributed by atoms with Gasteiger partial charge in [-0.1, -0.05) is 29.8 Å². The number of fused-ring (bicyclic) bond motifs is 1. The molecule has 0 aliphatic carbocycles. The third-order valence-corrected chi connectivity index (χ3v) is 4.36. The second-order valence-corrected chi connectivity index (χ2v) is 6.20. The van der Waals surface area contributed by atoms with Gasteiger partial charge in [-0.2, -0.15) is 0 Å². The van der Waals surface area contributed by atoms with Crippen molar-refractivity contribution in [1.82, 2.24) is 0 Å². The number of carbonyl (C=O) groups is 1. The van der Waals surface area contributed by atoms with Gasteiger partial charge in [-0.15, -0.1) is 0 Å². The molecule has 24 heavy (non-hydrogen) atoms. The van der Waals surface area contributed by atoms with E-state index in [1.54, 1.807) is 12.1 Å². The number of para-hydroxylation sites is 1. The van der Waals surface area contributed by atoms with Gasteiger partial charge in [-0.25, -0.2) is 0 Å². The lowest BCUT2D eigenvalue weighted by molar-refractivity contribution is 0.0997. The van der Waals surface area contributed by atoms with Crippen LogP contribution in [0.1, 0.15) is 27.2 Å². The molecule has 2 aromatic carbocycles. The maximum atomic E-state index is 12.5. The molecule has 0 saturated carbocycles. The first-order valence-electron chi connectivity index (χ1n) is 7.48. The number of benzene rings is 2. The highest BCUT2D eigenvalue weighted by atomic mass is 35.5. The molecule has 1 heterocycles. The highest BCUT2D eigenvalue weighted by Crippen LogP contribution is 2.23. The van der Waals surface area contributed by atoms with Crippen molar-refractivity contribution in [2.45, 2.75) is 20.8 Å². The minimum Gasteiger partial charge on any atom is -0.451 e. The van der Waals surface area contributed by atoms with Crippen LogP contribution >= 0.6 is 11.6 Å². The average molecular weight is 342 g/mol. The van der Waals surface area contributed by atoms with Gasteiger partial charge in [0, 0.05) is 16.8 Å². The molecule has 1 amide bonds. The average Bonchev–Trinajstić information content (AvgIpc) is 2.52. The van der Waals surface area contributed by atoms with Crippen LogP contribution in [0, 0.1) is 20.8 Å². The quantitative estimate of drug-likeness (QED) is 0.739. The van der Waals surface area contributed by atoms with Crippen molar-refractivity contribution in [2.24, 2.45) is 0 Å². The van der Waals surface area contributed by atoms with Crippen molar-refractivity contribution in [3.8, 4) is 0 Å². The number of aryl methyl sites for hydroxylation is 3. The van der Waals surface area contributed by atoms with Gasteiger partial charge in [0.25, 0.3) is 5.91 Å². The number of hydrogen-bond acceptors (Lipinski definition) is 3. The van der Waals surface area contributed by atoms with Gasteiger partial charge in [0.2, 0.25) is 0 Å². The predicted molar refractivity (Wildman–Crippen MR) is 96.1 cm³/mol. The fourth-order valence-electron chi connectivity index (χ4n) is 2.58. The fraction of sp³-hybridized carbons (Fsp3) is 0.158. The third kappa shape index (κ3) is 2.93. The zero-order chi connectivity index (χ0) is 17.4. The molecule has 0 saturated heterocycles. The maximum Gasteiger partial charge on any atom is 0.291 e. The van der Waals surface area contributed by atoms with Crippen LogP contribution in [0.25, 0.3) is 11.0 Å². The van der Waals surface area contributed by atoms with Crippen LogP contribution in [0.3, 0.4) is 0 Å². The summed E-state index contributed by atoms with van der Waals surface area (Å²) in [5.74, 6) is -0.490. The highest BCUT2D eigenvalue weighted by Gasteiger charge is 2.15. The largest absolute Gasteiger partial charge is 0.451 e. The van der Waals surface area contributed by atoms with Crippen molar-refractivity contribution in [2.75, 3.05) is 5.32 Å². The smallest absolute Gasteiger partial charge is 0.291 e. The molecule has 0 bridgehead atoms. The molecule has 1 N–H and O–H groups in total. The summed E-state index contributed by atoms with van der Waals surface area (Å²) in [4.78, 5) is 24.8. The number of amides is 1. The first kappa shape index (κ1) is 16.3. The molecule has 0 unspecified atom stereocenters. The van der Waals surface area contributed by atoms with Crippen LogP contribution in [-0.2, 0) is 0 Å². The molecule has 0 atom stereocenters. The number of halogens is 1. The van der Waals surface area contributed by atoms with E-state index in [-0.39, 0.29) is 11.2 Å². The molecular weight excluding hydrogens is 326 g/mol. The molecule has 0 aliphatic heterocycles. The van der Waals surface area contributed by atoms with Crippen LogP contribution in [-0.4, -0.2) is 5.91 Å². The summed E-state index contributed by atoms with van der Waals surface area (Å²) in [5.41, 5.74) is 3.42. The van der Waals surface area contributed by atoms with Gasteiger partial charge < -0.3 is 9.73 Å². The van der Waals surface area contributed by atoms with Gasteiger partial charge in [0.15, 0.2) is 11.2 Å². The molecule has 5 heteroatoms. The third-order valence-electron chi connectivity index (χ3n) is 3.95. The number of hydrogen-bond donors (Lipinski definition) is 1. The Bertz CT molecular complexity index is 1000. The maximum absolute atomic E-state index is 12.5. The van der Waals surface area contributed by atoms with E-state index in [0.717, 1.165) is 22.4 Å². The van der Waals surface area contributed by atoms with Crippen LogP contribution < -0.4 is 10.7 Å². The van der Waals surface area contributed by atoms with E-state index in [9.17, 15) is 9.59 Å². The lowest BCUT2D eigenvalue weighted by Gasteiger charge is -2.11. The number of anilines is 1. The molecular formula is C19H16ClNO3. The van der Waals surface area contributed by atoms with E-state index in [1.807, 2.05) is 39.0 Å². The summed E-state index contributed by atoms with van der Waals surface area (Å²) in [6, 6.07) is 10.1. The summed E-state index contributed by atoms with van der Waals surface area (Å²) in [6.07, 6.45) is 0. The Labute approximate surface area is 144 Å². The lowest BCUT2D eigenvalue weighted by atomic mass is 10.1. The van der Waals surface area contributed by atoms with Crippen LogP contribution in [0.15, 0.2) is 45.6 Å². The molecule has 0 fully saturated rings. The van der Waals surface area contributed by atoms with Crippen molar-refractivity contribution >= 4 is 34.2 Å². The molecule has 0 spiro atoms. The minimum atomic E-state index is -0.459. The minimum absolute atomic E-state index is 0.0307. The number of rotatable bonds is 2. The number of carbonyl (C=O) groups excluding carboxylic acids is 1. The van der Waals surface area contributed by atoms with Crippen molar-refractivity contribution in [3.63, 3.8) is 0 Å². The van der Waals surface area contributed by atoms with E-state index in [2.05, 4.69) is 5.32 Å². The monoisotopic (exact) mass is 341 g/mol. The summed E-state index contributed by atoms with van der Waals surface area (Å²) >= 11 is 6.04. The summed E-state index contributed by atoms with van der Waals surface area (Å²) in [6.45, 7) is 5.63. The summed E-state index contributed by atoms with van der Waals surface area (Å²) < 4.78 is 5.62. The first-order valence-corrected chi connectivity index (χ1v) is 7.86. The van der Waals surface area contributed by atoms with Gasteiger partial charge in [0.1, 0.15) is 5.58 Å². The lowest BCUT2D eigenvalue weighted by Crippen LogP contribution is -2.16. The van der Waals surface area contributed by atoms with Crippen LogP contribution in [0.2, 0.25) is 5.02 Å². The summed E-state index contributed by atoms with van der Waals surface area (Å²) in [7, 11) is 0. The molecule has 3 aromatic rings. The topological polar surface area (TPSA) is 59.3 Å². The van der Waals surface area contributed by atoms with Gasteiger partial charge >= 0.3 is 0 Å². The zero-order valence-corrected chi connectivity index (χ0v) is 14.3. The number of nitrogens with one attached hydrogen (secondary N) is 1. The van der Waals surface area contributed by atoms with Gasteiger partial charge in [-0.05, 0) is 49.6 Å². The van der Waals surface area contributed by atoms with Gasteiger partial charge in [0.05, 0.1) is 5.39 Å². The van der Waals surface area contributed by atoms with Crippen LogP contribution in [0.5, 0.6) is 0 Å². The van der Waals surface area contributed by atoms with Crippen LogP contribution in [0.4, 0.5) is 5.69 Å². The van der Waals surface area contributed by atoms with Crippen molar-refractivity contribution in [1.29, 1.82) is 0 Å². The normalized spacial score (nSPS) is 10.8. The second-order valence-electron chi connectivity index (χ2n) is 5.79. The highest BCUT2D eigenvalue weighted by molar-refractivity contribution is 6.32. The molecule has 0 radical (unpaired) electrons. The zero-order valence-electron chi connectivity index (χ0n) is 13.6. The fourth-order valence-corrected chi connectivity index (χ4v) is 2.74. The van der Waals surface area contributed by atoms with E-state index >= 15 is 0 Å². The van der Waals surface area contributed by atoms with E-state index in [0.29, 0.717) is 16.0 Å². The molecule has 3 rings (SSSR count). The summed E-state index contributed by atoms with van der Waals surface area (Å²) in [5, 5.41) is 3.66. The van der Waals surface area contributed by atoms with Crippen molar-refractivity contribution in [3.05, 3.63) is 74.1 Å². The van der Waals surface area contributed by atoms with Gasteiger partial charge in [-0.3, -0.25) is 9.59 Å². The second kappa shape index (κ2) is 6.13.